The molecule has 20 heavy (non-hydrogen) atoms. The minimum absolute atomic E-state index is 0.206. The summed E-state index contributed by atoms with van der Waals surface area (Å²) in [5.41, 5.74) is 2.62. The largest absolute Gasteiger partial charge is 0.372 e. The normalized spacial score (nSPS) is 16.3. The van der Waals surface area contributed by atoms with E-state index in [4.69, 9.17) is 4.74 Å². The molecule has 1 N–H and O–H groups in total. The van der Waals surface area contributed by atoms with E-state index in [0.717, 1.165) is 19.2 Å². The minimum atomic E-state index is 0.206. The first kappa shape index (κ1) is 15.5. The van der Waals surface area contributed by atoms with E-state index in [2.05, 4.69) is 43.4 Å². The lowest BCUT2D eigenvalue weighted by Crippen LogP contribution is -2.25. The SMILES string of the molecule is CCCCCCOC(CNC1CC1)c1ccc(C)cc1. The van der Waals surface area contributed by atoms with Crippen LogP contribution in [-0.2, 0) is 4.74 Å². The molecule has 1 unspecified atom stereocenters. The van der Waals surface area contributed by atoms with Crippen LogP contribution in [0.3, 0.4) is 0 Å². The Morgan fingerprint density at radius 3 is 2.55 bits per heavy atom. The van der Waals surface area contributed by atoms with Crippen molar-refractivity contribution in [1.29, 1.82) is 0 Å². The molecule has 0 radical (unpaired) electrons. The summed E-state index contributed by atoms with van der Waals surface area (Å²) in [6, 6.07) is 9.52. The summed E-state index contributed by atoms with van der Waals surface area (Å²) in [7, 11) is 0. The van der Waals surface area contributed by atoms with Crippen LogP contribution in [0.5, 0.6) is 0 Å². The highest BCUT2D eigenvalue weighted by Gasteiger charge is 2.22. The molecule has 1 aliphatic rings. The molecule has 112 valence electrons. The Labute approximate surface area is 123 Å². The molecule has 0 bridgehead atoms. The van der Waals surface area contributed by atoms with Crippen molar-refractivity contribution in [2.75, 3.05) is 13.2 Å². The Balaban J connectivity index is 1.80. The summed E-state index contributed by atoms with van der Waals surface area (Å²) in [4.78, 5) is 0. The van der Waals surface area contributed by atoms with Crippen molar-refractivity contribution in [1.82, 2.24) is 5.32 Å². The fraction of sp³-hybridized carbons (Fsp3) is 0.667. The molecular weight excluding hydrogens is 246 g/mol. The number of hydrogen-bond acceptors (Lipinski definition) is 2. The summed E-state index contributed by atoms with van der Waals surface area (Å²) in [6.07, 6.45) is 7.93. The zero-order valence-electron chi connectivity index (χ0n) is 13.0. The van der Waals surface area contributed by atoms with Gasteiger partial charge in [0.2, 0.25) is 0 Å². The quantitative estimate of drug-likeness (QED) is 0.640. The monoisotopic (exact) mass is 275 g/mol. The molecule has 1 aliphatic carbocycles. The van der Waals surface area contributed by atoms with Gasteiger partial charge in [-0.15, -0.1) is 0 Å². The highest BCUT2D eigenvalue weighted by molar-refractivity contribution is 5.23. The van der Waals surface area contributed by atoms with Gasteiger partial charge in [-0.05, 0) is 31.7 Å². The molecule has 0 saturated heterocycles. The van der Waals surface area contributed by atoms with Crippen LogP contribution in [0.25, 0.3) is 0 Å². The molecule has 2 rings (SSSR count). The number of unbranched alkanes of at least 4 members (excludes halogenated alkanes) is 3. The van der Waals surface area contributed by atoms with Gasteiger partial charge in [0.1, 0.15) is 0 Å². The lowest BCUT2D eigenvalue weighted by Gasteiger charge is -2.19. The fourth-order valence-corrected chi connectivity index (χ4v) is 2.37. The Morgan fingerprint density at radius 1 is 1.15 bits per heavy atom. The van der Waals surface area contributed by atoms with E-state index < -0.39 is 0 Å². The molecule has 0 spiro atoms. The first-order valence-corrected chi connectivity index (χ1v) is 8.21. The second-order valence-corrected chi connectivity index (χ2v) is 6.01. The van der Waals surface area contributed by atoms with Crippen LogP contribution < -0.4 is 5.32 Å². The van der Waals surface area contributed by atoms with Gasteiger partial charge in [-0.1, -0.05) is 56.0 Å². The molecule has 2 nitrogen and oxygen atoms in total. The predicted octanol–water partition coefficient (Wildman–Crippen LogP) is 4.39. The average Bonchev–Trinajstić information content (AvgIpc) is 3.27. The summed E-state index contributed by atoms with van der Waals surface area (Å²) < 4.78 is 6.13. The van der Waals surface area contributed by atoms with E-state index in [9.17, 15) is 0 Å². The van der Waals surface area contributed by atoms with Gasteiger partial charge in [-0.3, -0.25) is 0 Å². The third-order valence-corrected chi connectivity index (χ3v) is 3.94. The standard InChI is InChI=1S/C18H29NO/c1-3-4-5-6-13-20-18(14-19-17-11-12-17)16-9-7-15(2)8-10-16/h7-10,17-19H,3-6,11-14H2,1-2H3. The molecule has 1 aromatic rings. The van der Waals surface area contributed by atoms with Crippen molar-refractivity contribution in [2.24, 2.45) is 0 Å². The highest BCUT2D eigenvalue weighted by Crippen LogP contribution is 2.22. The van der Waals surface area contributed by atoms with Crippen LogP contribution in [0.4, 0.5) is 0 Å². The van der Waals surface area contributed by atoms with Gasteiger partial charge in [0, 0.05) is 19.2 Å². The Kier molecular flexibility index (Phi) is 6.55. The number of benzene rings is 1. The fourth-order valence-electron chi connectivity index (χ4n) is 2.37. The van der Waals surface area contributed by atoms with Crippen molar-refractivity contribution in [3.05, 3.63) is 35.4 Å². The first-order valence-electron chi connectivity index (χ1n) is 8.21. The lowest BCUT2D eigenvalue weighted by atomic mass is 10.1. The number of ether oxygens (including phenoxy) is 1. The van der Waals surface area contributed by atoms with Gasteiger partial charge in [-0.2, -0.15) is 0 Å². The molecule has 1 fully saturated rings. The van der Waals surface area contributed by atoms with E-state index in [1.807, 2.05) is 0 Å². The molecule has 0 heterocycles. The zero-order valence-corrected chi connectivity index (χ0v) is 13.0. The smallest absolute Gasteiger partial charge is 0.0949 e. The molecule has 0 aliphatic heterocycles. The molecule has 1 atom stereocenters. The second kappa shape index (κ2) is 8.43. The molecule has 2 heteroatoms. The van der Waals surface area contributed by atoms with Crippen LogP contribution in [0, 0.1) is 6.92 Å². The van der Waals surface area contributed by atoms with Crippen molar-refractivity contribution < 1.29 is 4.74 Å². The number of aryl methyl sites for hydroxylation is 1. The van der Waals surface area contributed by atoms with Gasteiger partial charge in [-0.25, -0.2) is 0 Å². The summed E-state index contributed by atoms with van der Waals surface area (Å²) in [5, 5.41) is 3.60. The lowest BCUT2D eigenvalue weighted by molar-refractivity contribution is 0.0496. The van der Waals surface area contributed by atoms with Gasteiger partial charge in [0.25, 0.3) is 0 Å². The average molecular weight is 275 g/mol. The maximum absolute atomic E-state index is 6.13. The zero-order chi connectivity index (χ0) is 14.2. The Hall–Kier alpha value is -0.860. The van der Waals surface area contributed by atoms with Gasteiger partial charge in [0.05, 0.1) is 6.10 Å². The van der Waals surface area contributed by atoms with Crippen LogP contribution >= 0.6 is 0 Å². The topological polar surface area (TPSA) is 21.3 Å². The van der Waals surface area contributed by atoms with Crippen LogP contribution in [0.1, 0.15) is 62.7 Å². The number of nitrogens with one attached hydrogen (secondary N) is 1. The Bertz CT molecular complexity index is 370. The van der Waals surface area contributed by atoms with E-state index in [1.165, 1.54) is 49.7 Å². The third kappa shape index (κ3) is 5.64. The van der Waals surface area contributed by atoms with Crippen LogP contribution in [0.15, 0.2) is 24.3 Å². The number of hydrogen-bond donors (Lipinski definition) is 1. The van der Waals surface area contributed by atoms with Gasteiger partial charge in [0.15, 0.2) is 0 Å². The predicted molar refractivity (Wildman–Crippen MR) is 85.0 cm³/mol. The summed E-state index contributed by atoms with van der Waals surface area (Å²) >= 11 is 0. The molecule has 0 amide bonds. The van der Waals surface area contributed by atoms with Crippen molar-refractivity contribution >= 4 is 0 Å². The summed E-state index contributed by atoms with van der Waals surface area (Å²) in [6.45, 7) is 6.20. The highest BCUT2D eigenvalue weighted by atomic mass is 16.5. The Morgan fingerprint density at radius 2 is 1.90 bits per heavy atom. The van der Waals surface area contributed by atoms with E-state index in [0.29, 0.717) is 0 Å². The molecule has 1 saturated carbocycles. The first-order chi connectivity index (χ1) is 9.79. The molecule has 1 aromatic carbocycles. The minimum Gasteiger partial charge on any atom is -0.372 e. The van der Waals surface area contributed by atoms with E-state index >= 15 is 0 Å². The van der Waals surface area contributed by atoms with Crippen LogP contribution in [0.2, 0.25) is 0 Å². The number of rotatable bonds is 10. The third-order valence-electron chi connectivity index (χ3n) is 3.94. The van der Waals surface area contributed by atoms with Crippen LogP contribution in [-0.4, -0.2) is 19.2 Å². The van der Waals surface area contributed by atoms with Crippen molar-refractivity contribution in [2.45, 2.75) is 64.5 Å². The van der Waals surface area contributed by atoms with Crippen molar-refractivity contribution in [3.8, 4) is 0 Å². The van der Waals surface area contributed by atoms with Gasteiger partial charge < -0.3 is 10.1 Å². The molecule has 0 aromatic heterocycles. The maximum Gasteiger partial charge on any atom is 0.0949 e. The van der Waals surface area contributed by atoms with Gasteiger partial charge >= 0.3 is 0 Å². The second-order valence-electron chi connectivity index (χ2n) is 6.01. The van der Waals surface area contributed by atoms with Crippen molar-refractivity contribution in [3.63, 3.8) is 0 Å². The summed E-state index contributed by atoms with van der Waals surface area (Å²) in [5.74, 6) is 0. The molecular formula is C18H29NO. The van der Waals surface area contributed by atoms with E-state index in [1.54, 1.807) is 0 Å². The van der Waals surface area contributed by atoms with E-state index in [-0.39, 0.29) is 6.10 Å². The maximum atomic E-state index is 6.13.